The van der Waals surface area contributed by atoms with Crippen LogP contribution in [-0.4, -0.2) is 31.9 Å². The number of imidazole rings is 1. The van der Waals surface area contributed by atoms with Gasteiger partial charge >= 0.3 is 0 Å². The van der Waals surface area contributed by atoms with Gasteiger partial charge in [-0.15, -0.1) is 0 Å². The highest BCUT2D eigenvalue weighted by molar-refractivity contribution is 5.80. The zero-order valence-corrected chi connectivity index (χ0v) is 7.32. The zero-order chi connectivity index (χ0) is 11.0. The fourth-order valence-corrected chi connectivity index (χ4v) is 1.20. The van der Waals surface area contributed by atoms with E-state index in [9.17, 15) is 14.4 Å². The molecule has 0 fully saturated rings. The van der Waals surface area contributed by atoms with E-state index in [0.717, 1.165) is 10.9 Å². The van der Waals surface area contributed by atoms with Crippen molar-refractivity contribution in [3.05, 3.63) is 16.7 Å². The summed E-state index contributed by atoms with van der Waals surface area (Å²) >= 11 is 0. The maximum absolute atomic E-state index is 11.6. The molecular weight excluding hydrogens is 202 g/mol. The molecule has 0 unspecified atom stereocenters. The average Bonchev–Trinajstić information content (AvgIpc) is 2.61. The van der Waals surface area contributed by atoms with Gasteiger partial charge < -0.3 is 5.73 Å². The molecule has 0 aliphatic carbocycles. The predicted octanol–water partition coefficient (Wildman–Crippen LogP) is -1.75. The summed E-state index contributed by atoms with van der Waals surface area (Å²) < 4.78 is 1.54. The largest absolute Gasteiger partial charge is 0.369 e. The summed E-state index contributed by atoms with van der Waals surface area (Å²) in [7, 11) is 0. The summed E-state index contributed by atoms with van der Waals surface area (Å²) in [5, 5.41) is 0. The van der Waals surface area contributed by atoms with E-state index in [4.69, 9.17) is 5.73 Å². The van der Waals surface area contributed by atoms with Gasteiger partial charge in [0.2, 0.25) is 18.8 Å². The van der Waals surface area contributed by atoms with Crippen LogP contribution >= 0.6 is 0 Å². The van der Waals surface area contributed by atoms with Gasteiger partial charge in [-0.2, -0.15) is 4.98 Å². The number of nitrogens with two attached hydrogens (primary N) is 1. The van der Waals surface area contributed by atoms with E-state index in [1.54, 1.807) is 0 Å². The third kappa shape index (κ3) is 1.11. The van der Waals surface area contributed by atoms with Crippen LogP contribution in [0.3, 0.4) is 0 Å². The van der Waals surface area contributed by atoms with Crippen LogP contribution in [0.15, 0.2) is 11.1 Å². The van der Waals surface area contributed by atoms with Crippen molar-refractivity contribution in [3.63, 3.8) is 0 Å². The van der Waals surface area contributed by atoms with Crippen LogP contribution in [0.25, 0.3) is 11.2 Å². The second-order valence-electron chi connectivity index (χ2n) is 2.68. The van der Waals surface area contributed by atoms with Gasteiger partial charge in [0, 0.05) is 0 Å². The molecule has 0 spiro atoms. The van der Waals surface area contributed by atoms with Gasteiger partial charge in [0.15, 0.2) is 11.2 Å². The van der Waals surface area contributed by atoms with Crippen LogP contribution in [0.5, 0.6) is 0 Å². The Kier molecular flexibility index (Phi) is 1.82. The molecule has 0 saturated carbocycles. The number of nitrogens with zero attached hydrogens (tertiary/aromatic N) is 4. The Morgan fingerprint density at radius 2 is 2.07 bits per heavy atom. The molecule has 15 heavy (non-hydrogen) atoms. The number of nitrogen functional groups attached to an aromatic ring is 1. The normalized spacial score (nSPS) is 10.4. The fraction of sp³-hybridized carbons (Fsp3) is 0. The molecule has 0 saturated heterocycles. The van der Waals surface area contributed by atoms with Gasteiger partial charge in [-0.1, -0.05) is 0 Å². The fourth-order valence-electron chi connectivity index (χ4n) is 1.20. The van der Waals surface area contributed by atoms with E-state index in [2.05, 4.69) is 9.97 Å². The first-order valence-electron chi connectivity index (χ1n) is 3.84. The molecule has 2 N–H and O–H groups in total. The van der Waals surface area contributed by atoms with E-state index in [-0.39, 0.29) is 23.5 Å². The van der Waals surface area contributed by atoms with Crippen LogP contribution in [0.2, 0.25) is 0 Å². The number of aromatic nitrogens is 4. The number of hydrogen-bond acceptors (Lipinski definition) is 6. The van der Waals surface area contributed by atoms with Gasteiger partial charge in [-0.05, 0) is 0 Å². The molecule has 2 rings (SSSR count). The molecule has 2 aromatic heterocycles. The Morgan fingerprint density at radius 1 is 1.33 bits per heavy atom. The van der Waals surface area contributed by atoms with Crippen LogP contribution in [0.4, 0.5) is 5.95 Å². The predicted molar refractivity (Wildman–Crippen MR) is 50.5 cm³/mol. The van der Waals surface area contributed by atoms with Crippen LogP contribution in [0, 0.1) is 0 Å². The van der Waals surface area contributed by atoms with Crippen molar-refractivity contribution in [2.75, 3.05) is 5.73 Å². The lowest BCUT2D eigenvalue weighted by atomic mass is 10.5. The second kappa shape index (κ2) is 3.01. The Labute approximate surface area is 82.0 Å². The molecule has 8 nitrogen and oxygen atoms in total. The molecule has 0 aliphatic heterocycles. The highest BCUT2D eigenvalue weighted by Gasteiger charge is 2.12. The van der Waals surface area contributed by atoms with Gasteiger partial charge in [-0.3, -0.25) is 19.0 Å². The highest BCUT2D eigenvalue weighted by Crippen LogP contribution is 2.04. The molecule has 0 amide bonds. The number of hydrogen-bond donors (Lipinski definition) is 1. The maximum Gasteiger partial charge on any atom is 0.288 e. The van der Waals surface area contributed by atoms with Crippen LogP contribution < -0.4 is 11.3 Å². The second-order valence-corrected chi connectivity index (χ2v) is 2.68. The molecule has 76 valence electrons. The van der Waals surface area contributed by atoms with Crippen molar-refractivity contribution in [2.45, 2.75) is 0 Å². The topological polar surface area (TPSA) is 113 Å². The smallest absolute Gasteiger partial charge is 0.288 e. The molecule has 8 heteroatoms. The van der Waals surface area contributed by atoms with Gasteiger partial charge in [-0.25, -0.2) is 9.55 Å². The molecule has 0 aliphatic rings. The summed E-state index contributed by atoms with van der Waals surface area (Å²) in [4.78, 5) is 40.1. The van der Waals surface area contributed by atoms with E-state index in [1.165, 1.54) is 0 Å². The Balaban J connectivity index is 3.02. The standard InChI is InChI=1S/C7H5N5O3/c8-7-10-5-4(6(15)12(7)3-14)11(2-13)1-9-5/h1-3H,(H2,8,10). The SMILES string of the molecule is Nc1nc2ncn(C=O)c2c(=O)n1C=O. The highest BCUT2D eigenvalue weighted by atomic mass is 16.2. The zero-order valence-electron chi connectivity index (χ0n) is 7.32. The Bertz CT molecular complexity index is 611. The first-order chi connectivity index (χ1) is 7.19. The monoisotopic (exact) mass is 207 g/mol. The van der Waals surface area contributed by atoms with Gasteiger partial charge in [0.05, 0.1) is 0 Å². The molecular formula is C7H5N5O3. The van der Waals surface area contributed by atoms with Gasteiger partial charge in [0.1, 0.15) is 6.33 Å². The first kappa shape index (κ1) is 9.06. The number of carbonyl (C=O) groups is 2. The first-order valence-corrected chi connectivity index (χ1v) is 3.84. The molecule has 0 radical (unpaired) electrons. The summed E-state index contributed by atoms with van der Waals surface area (Å²) in [6.45, 7) is 0. The van der Waals surface area contributed by atoms with Crippen molar-refractivity contribution in [2.24, 2.45) is 0 Å². The Morgan fingerprint density at radius 3 is 2.67 bits per heavy atom. The van der Waals surface area contributed by atoms with Crippen LogP contribution in [-0.2, 0) is 9.59 Å². The quantitative estimate of drug-likeness (QED) is 0.584. The lowest BCUT2D eigenvalue weighted by Gasteiger charge is -1.99. The average molecular weight is 207 g/mol. The minimum absolute atomic E-state index is 0.0303. The third-order valence-corrected chi connectivity index (χ3v) is 1.88. The molecule has 0 aromatic carbocycles. The number of rotatable bonds is 2. The lowest BCUT2D eigenvalue weighted by Crippen LogP contribution is -2.25. The van der Waals surface area contributed by atoms with E-state index >= 15 is 0 Å². The summed E-state index contributed by atoms with van der Waals surface area (Å²) in [5.74, 6) is -0.265. The number of anilines is 1. The van der Waals surface area contributed by atoms with Crippen molar-refractivity contribution in [1.29, 1.82) is 0 Å². The molecule has 2 heterocycles. The number of carbonyl (C=O) groups excluding carboxylic acids is 2. The number of fused-ring (bicyclic) bond motifs is 1. The lowest BCUT2D eigenvalue weighted by molar-refractivity contribution is 0.544. The van der Waals surface area contributed by atoms with Crippen molar-refractivity contribution in [1.82, 2.24) is 19.1 Å². The Hall–Kier alpha value is -2.51. The minimum atomic E-state index is -0.725. The molecule has 0 bridgehead atoms. The van der Waals surface area contributed by atoms with Gasteiger partial charge in [0.25, 0.3) is 5.56 Å². The van der Waals surface area contributed by atoms with E-state index in [1.807, 2.05) is 0 Å². The van der Waals surface area contributed by atoms with E-state index < -0.39 is 5.56 Å². The maximum atomic E-state index is 11.6. The molecule has 2 aromatic rings. The van der Waals surface area contributed by atoms with E-state index in [0.29, 0.717) is 11.0 Å². The summed E-state index contributed by atoms with van der Waals surface area (Å²) in [6, 6.07) is 0. The molecule has 0 atom stereocenters. The van der Waals surface area contributed by atoms with Crippen molar-refractivity contribution >= 4 is 29.9 Å². The third-order valence-electron chi connectivity index (χ3n) is 1.88. The summed E-state index contributed by atoms with van der Waals surface area (Å²) in [6.07, 6.45) is 1.75. The van der Waals surface area contributed by atoms with Crippen LogP contribution in [0.1, 0.15) is 0 Å². The van der Waals surface area contributed by atoms with Crippen molar-refractivity contribution in [3.8, 4) is 0 Å². The minimum Gasteiger partial charge on any atom is -0.369 e. The van der Waals surface area contributed by atoms with Crippen molar-refractivity contribution < 1.29 is 9.59 Å². The summed E-state index contributed by atoms with van der Waals surface area (Å²) in [5.41, 5.74) is 4.56.